The van der Waals surface area contributed by atoms with Gasteiger partial charge < -0.3 is 15.3 Å². The summed E-state index contributed by atoms with van der Waals surface area (Å²) in [6.07, 6.45) is 3.19. The van der Waals surface area contributed by atoms with E-state index in [-0.39, 0.29) is 23.0 Å². The highest BCUT2D eigenvalue weighted by atomic mass is 16.7. The molecule has 3 rings (SSSR count). The Bertz CT molecular complexity index is 1140. The molecule has 1 aliphatic heterocycles. The highest BCUT2D eigenvalue weighted by molar-refractivity contribution is 5.61. The van der Waals surface area contributed by atoms with E-state index in [1.165, 1.54) is 19.1 Å². The second-order valence-electron chi connectivity index (χ2n) is 6.99. The molecule has 35 heavy (non-hydrogen) atoms. The highest BCUT2D eigenvalue weighted by Gasteiger charge is 2.30. The van der Waals surface area contributed by atoms with Crippen LogP contribution in [-0.2, 0) is 0 Å². The lowest BCUT2D eigenvalue weighted by molar-refractivity contribution is -0.707. The minimum Gasteiger partial charge on any atom is -0.569 e. The van der Waals surface area contributed by atoms with Crippen LogP contribution in [0.5, 0.6) is 11.5 Å². The normalized spacial score (nSPS) is 14.5. The maximum Gasteiger partial charge on any atom is 0.321 e. The van der Waals surface area contributed by atoms with E-state index in [0.29, 0.717) is 25.1 Å². The van der Waals surface area contributed by atoms with Gasteiger partial charge in [0.15, 0.2) is 0 Å². The number of nitrogens with zero attached hydrogens (tertiary/aromatic N) is 11. The van der Waals surface area contributed by atoms with Crippen LogP contribution in [0.3, 0.4) is 0 Å². The molecule has 0 N–H and O–H groups in total. The molecular weight excluding hydrogens is 474 g/mol. The smallest absolute Gasteiger partial charge is 0.321 e. The number of hydrazine groups is 2. The average molecular weight is 493 g/mol. The fraction of sp³-hybridized carbons (Fsp3) is 0.375. The Balaban J connectivity index is 1.79. The summed E-state index contributed by atoms with van der Waals surface area (Å²) < 4.78 is 0. The number of benzene rings is 1. The fourth-order valence-electron chi connectivity index (χ4n) is 2.77. The van der Waals surface area contributed by atoms with Crippen LogP contribution in [0, 0.1) is 30.6 Å². The quantitative estimate of drug-likeness (QED) is 0.206. The Kier molecular flexibility index (Phi) is 7.49. The molecule has 0 amide bonds. The van der Waals surface area contributed by atoms with Crippen LogP contribution >= 0.6 is 0 Å². The molecule has 19 nitrogen and oxygen atoms in total. The Morgan fingerprint density at radius 1 is 0.886 bits per heavy atom. The molecule has 0 bridgehead atoms. The summed E-state index contributed by atoms with van der Waals surface area (Å²) in [5, 5.41) is 55.2. The van der Waals surface area contributed by atoms with Crippen molar-refractivity contribution in [1.82, 2.24) is 20.0 Å². The molecule has 0 aliphatic carbocycles. The van der Waals surface area contributed by atoms with Gasteiger partial charge in [-0.2, -0.15) is 5.01 Å². The summed E-state index contributed by atoms with van der Waals surface area (Å²) in [4.78, 5) is 40.6. The maximum atomic E-state index is 12.4. The number of anilines is 1. The standard InChI is InChI=1S/C16H19N11O8/c1-21(2)26(32)19-34-14-11-15(13(25(30)31)10-12(14)24(28)29)35-20-27(33)23-8-6-22(7-9-23)16-17-4-3-5-18-16/h3-5,10-11H,6-9H2,1-2H3/b26-19-,27-20-. The lowest BCUT2D eigenvalue weighted by Crippen LogP contribution is -2.49. The second kappa shape index (κ2) is 10.7. The molecule has 1 fully saturated rings. The molecule has 1 aromatic heterocycles. The summed E-state index contributed by atoms with van der Waals surface area (Å²) in [6, 6.07) is 2.94. The molecule has 0 saturated carbocycles. The SMILES string of the molecule is CN(C)/[N+]([O-])=N/Oc1cc(O/N=[N+](\[O-])N2CCN(c3ncccn3)CC2)c([N+](=O)[O-])cc1[N+](=O)[O-]. The van der Waals surface area contributed by atoms with Gasteiger partial charge >= 0.3 is 11.4 Å². The van der Waals surface area contributed by atoms with Crippen molar-refractivity contribution >= 4 is 17.3 Å². The third-order valence-electron chi connectivity index (χ3n) is 4.53. The van der Waals surface area contributed by atoms with E-state index in [4.69, 9.17) is 9.68 Å². The number of aromatic nitrogens is 2. The van der Waals surface area contributed by atoms with Gasteiger partial charge in [0.1, 0.15) is 6.07 Å². The lowest BCUT2D eigenvalue weighted by atomic mass is 10.2. The Labute approximate surface area is 196 Å². The summed E-state index contributed by atoms with van der Waals surface area (Å²) in [5.41, 5.74) is -1.72. The third kappa shape index (κ3) is 6.03. The molecule has 0 radical (unpaired) electrons. The van der Waals surface area contributed by atoms with Crippen LogP contribution in [0.2, 0.25) is 0 Å². The van der Waals surface area contributed by atoms with E-state index in [9.17, 15) is 30.6 Å². The van der Waals surface area contributed by atoms with Gasteiger partial charge in [0.25, 0.3) is 0 Å². The van der Waals surface area contributed by atoms with Crippen molar-refractivity contribution in [3.63, 3.8) is 0 Å². The molecule has 186 valence electrons. The first kappa shape index (κ1) is 24.5. The van der Waals surface area contributed by atoms with Gasteiger partial charge in [-0.15, -0.1) is 5.01 Å². The summed E-state index contributed by atoms with van der Waals surface area (Å²) in [5.74, 6) is -0.796. The van der Waals surface area contributed by atoms with Crippen LogP contribution in [0.15, 0.2) is 41.1 Å². The van der Waals surface area contributed by atoms with Crippen molar-refractivity contribution in [3.05, 3.63) is 61.2 Å². The van der Waals surface area contributed by atoms with Crippen molar-refractivity contribution in [2.75, 3.05) is 45.2 Å². The Morgan fingerprint density at radius 2 is 1.43 bits per heavy atom. The number of piperazine rings is 1. The molecule has 1 aliphatic rings. The van der Waals surface area contributed by atoms with E-state index >= 15 is 0 Å². The van der Waals surface area contributed by atoms with Crippen molar-refractivity contribution in [1.29, 1.82) is 0 Å². The van der Waals surface area contributed by atoms with Crippen LogP contribution in [-0.4, -0.2) is 80.0 Å². The van der Waals surface area contributed by atoms with Gasteiger partial charge in [-0.25, -0.2) is 9.97 Å². The predicted octanol–water partition coefficient (Wildman–Crippen LogP) is 1.02. The zero-order chi connectivity index (χ0) is 25.5. The van der Waals surface area contributed by atoms with Crippen LogP contribution in [0.1, 0.15) is 0 Å². The first-order valence-corrected chi connectivity index (χ1v) is 9.78. The van der Waals surface area contributed by atoms with Crippen molar-refractivity contribution in [3.8, 4) is 11.5 Å². The van der Waals surface area contributed by atoms with Crippen LogP contribution in [0.25, 0.3) is 0 Å². The fourth-order valence-corrected chi connectivity index (χ4v) is 2.77. The summed E-state index contributed by atoms with van der Waals surface area (Å²) >= 11 is 0. The maximum absolute atomic E-state index is 12.4. The van der Waals surface area contributed by atoms with Crippen LogP contribution < -0.4 is 14.6 Å². The topological polar surface area (TPSA) is 217 Å². The largest absolute Gasteiger partial charge is 0.569 e. The van der Waals surface area contributed by atoms with E-state index in [1.54, 1.807) is 18.5 Å². The van der Waals surface area contributed by atoms with E-state index in [0.717, 1.165) is 11.1 Å². The first-order valence-electron chi connectivity index (χ1n) is 9.78. The zero-order valence-electron chi connectivity index (χ0n) is 18.4. The third-order valence-corrected chi connectivity index (χ3v) is 4.53. The van der Waals surface area contributed by atoms with Crippen molar-refractivity contribution < 1.29 is 29.5 Å². The van der Waals surface area contributed by atoms with Crippen LogP contribution in [0.4, 0.5) is 17.3 Å². The average Bonchev–Trinajstić information content (AvgIpc) is 2.85. The van der Waals surface area contributed by atoms with Gasteiger partial charge in [0, 0.05) is 31.5 Å². The molecular formula is C16H19N11O8. The molecule has 0 unspecified atom stereocenters. The van der Waals surface area contributed by atoms with Gasteiger partial charge in [0.05, 0.1) is 47.0 Å². The lowest BCUT2D eigenvalue weighted by Gasteiger charge is -2.31. The number of nitro benzene ring substituents is 2. The Hall–Kier alpha value is -5.10. The summed E-state index contributed by atoms with van der Waals surface area (Å²) in [6.45, 7) is 1.22. The molecule has 2 aromatic rings. The number of rotatable bonds is 9. The summed E-state index contributed by atoms with van der Waals surface area (Å²) in [7, 11) is 2.65. The zero-order valence-corrected chi connectivity index (χ0v) is 18.4. The number of nitro groups is 2. The van der Waals surface area contributed by atoms with Gasteiger partial charge in [-0.05, 0) is 6.07 Å². The minimum atomic E-state index is -0.973. The van der Waals surface area contributed by atoms with E-state index in [2.05, 4.69) is 20.5 Å². The first-order chi connectivity index (χ1) is 16.7. The molecule has 2 heterocycles. The van der Waals surface area contributed by atoms with Crippen molar-refractivity contribution in [2.24, 2.45) is 10.6 Å². The Morgan fingerprint density at radius 3 is 1.94 bits per heavy atom. The minimum absolute atomic E-state index is 0.0322. The number of hydrogen-bond acceptors (Lipinski definition) is 13. The monoisotopic (exact) mass is 493 g/mol. The number of hydrogen-bond donors (Lipinski definition) is 0. The predicted molar refractivity (Wildman–Crippen MR) is 113 cm³/mol. The molecule has 1 saturated heterocycles. The van der Waals surface area contributed by atoms with Gasteiger partial charge in [0.2, 0.25) is 28.0 Å². The van der Waals surface area contributed by atoms with Gasteiger partial charge in [-0.1, -0.05) is 0 Å². The molecule has 1 aromatic carbocycles. The highest BCUT2D eigenvalue weighted by Crippen LogP contribution is 2.39. The molecule has 19 heteroatoms. The van der Waals surface area contributed by atoms with Crippen molar-refractivity contribution in [2.45, 2.75) is 0 Å². The second-order valence-corrected chi connectivity index (χ2v) is 6.99. The molecule has 0 spiro atoms. The molecule has 0 atom stereocenters. The van der Waals surface area contributed by atoms with E-state index in [1.807, 2.05) is 4.90 Å². The van der Waals surface area contributed by atoms with Gasteiger partial charge in [-0.3, -0.25) is 29.9 Å². The van der Waals surface area contributed by atoms with E-state index < -0.39 is 32.7 Å².